The molecule has 1 heterocycles. The SMILES string of the molecule is CN1C[C@@H](O)CC[C@H]1C(=O)O. The molecule has 0 aromatic carbocycles. The molecule has 0 spiro atoms. The van der Waals surface area contributed by atoms with E-state index in [1.807, 2.05) is 0 Å². The van der Waals surface area contributed by atoms with Gasteiger partial charge in [0.05, 0.1) is 6.10 Å². The van der Waals surface area contributed by atoms with Gasteiger partial charge in [-0.05, 0) is 19.9 Å². The standard InChI is InChI=1S/C7H13NO3/c1-8-4-5(9)2-3-6(8)7(10)11/h5-6,9H,2-4H2,1H3,(H,10,11)/t5-,6-/m0/s1. The van der Waals surface area contributed by atoms with E-state index in [0.29, 0.717) is 19.4 Å². The first-order chi connectivity index (χ1) is 5.11. The Labute approximate surface area is 65.4 Å². The van der Waals surface area contributed by atoms with Gasteiger partial charge in [0.2, 0.25) is 0 Å². The van der Waals surface area contributed by atoms with Gasteiger partial charge in [0, 0.05) is 6.54 Å². The molecule has 1 saturated heterocycles. The summed E-state index contributed by atoms with van der Waals surface area (Å²) in [4.78, 5) is 12.2. The molecule has 0 aromatic rings. The number of aliphatic hydroxyl groups excluding tert-OH is 1. The highest BCUT2D eigenvalue weighted by Crippen LogP contribution is 2.15. The number of carboxylic acids is 1. The summed E-state index contributed by atoms with van der Waals surface area (Å²) in [6.07, 6.45) is 0.796. The lowest BCUT2D eigenvalue weighted by atomic mass is 10.0. The van der Waals surface area contributed by atoms with Gasteiger partial charge in [0.1, 0.15) is 6.04 Å². The van der Waals surface area contributed by atoms with Crippen molar-refractivity contribution in [3.63, 3.8) is 0 Å². The quantitative estimate of drug-likeness (QED) is 0.543. The zero-order valence-electron chi connectivity index (χ0n) is 6.53. The van der Waals surface area contributed by atoms with Gasteiger partial charge in [0.25, 0.3) is 0 Å². The fraction of sp³-hybridized carbons (Fsp3) is 0.857. The summed E-state index contributed by atoms with van der Waals surface area (Å²) in [5.74, 6) is -0.792. The maximum atomic E-state index is 10.5. The third-order valence-corrected chi connectivity index (χ3v) is 2.09. The van der Waals surface area contributed by atoms with Crippen LogP contribution >= 0.6 is 0 Å². The highest BCUT2D eigenvalue weighted by molar-refractivity contribution is 5.73. The lowest BCUT2D eigenvalue weighted by Gasteiger charge is -2.32. The van der Waals surface area contributed by atoms with Crippen LogP contribution in [0.1, 0.15) is 12.8 Å². The van der Waals surface area contributed by atoms with Crippen molar-refractivity contribution in [1.29, 1.82) is 0 Å². The van der Waals surface area contributed by atoms with Crippen LogP contribution in [-0.4, -0.2) is 46.8 Å². The van der Waals surface area contributed by atoms with Crippen molar-refractivity contribution in [3.05, 3.63) is 0 Å². The van der Waals surface area contributed by atoms with E-state index < -0.39 is 12.0 Å². The highest BCUT2D eigenvalue weighted by Gasteiger charge is 2.29. The number of rotatable bonds is 1. The van der Waals surface area contributed by atoms with Crippen LogP contribution < -0.4 is 0 Å². The minimum atomic E-state index is -0.792. The van der Waals surface area contributed by atoms with Gasteiger partial charge in [-0.2, -0.15) is 0 Å². The number of hydrogen-bond donors (Lipinski definition) is 2. The first-order valence-corrected chi connectivity index (χ1v) is 3.72. The van der Waals surface area contributed by atoms with E-state index in [4.69, 9.17) is 10.2 Å². The van der Waals surface area contributed by atoms with E-state index in [1.165, 1.54) is 0 Å². The largest absolute Gasteiger partial charge is 0.480 e. The van der Waals surface area contributed by atoms with E-state index in [-0.39, 0.29) is 6.10 Å². The molecular formula is C7H13NO3. The average Bonchev–Trinajstić information content (AvgIpc) is 1.85. The minimum Gasteiger partial charge on any atom is -0.480 e. The average molecular weight is 159 g/mol. The summed E-state index contributed by atoms with van der Waals surface area (Å²) < 4.78 is 0. The van der Waals surface area contributed by atoms with Gasteiger partial charge in [-0.1, -0.05) is 0 Å². The number of nitrogens with zero attached hydrogens (tertiary/aromatic N) is 1. The first kappa shape index (κ1) is 8.49. The second kappa shape index (κ2) is 3.19. The van der Waals surface area contributed by atoms with Crippen molar-refractivity contribution < 1.29 is 15.0 Å². The van der Waals surface area contributed by atoms with Crippen LogP contribution in [-0.2, 0) is 4.79 Å². The molecule has 1 aliphatic heterocycles. The summed E-state index contributed by atoms with van der Waals surface area (Å²) in [7, 11) is 1.72. The number of aliphatic hydroxyl groups is 1. The van der Waals surface area contributed by atoms with Crippen LogP contribution in [0.4, 0.5) is 0 Å². The Hall–Kier alpha value is -0.610. The molecule has 4 heteroatoms. The summed E-state index contributed by atoms with van der Waals surface area (Å²) in [5, 5.41) is 17.8. The molecule has 0 bridgehead atoms. The molecule has 1 rings (SSSR count). The molecule has 0 radical (unpaired) electrons. The van der Waals surface area contributed by atoms with Crippen LogP contribution in [0.25, 0.3) is 0 Å². The maximum absolute atomic E-state index is 10.5. The molecule has 0 unspecified atom stereocenters. The van der Waals surface area contributed by atoms with Gasteiger partial charge in [-0.3, -0.25) is 9.69 Å². The fourth-order valence-corrected chi connectivity index (χ4v) is 1.43. The van der Waals surface area contributed by atoms with Crippen LogP contribution in [0.5, 0.6) is 0 Å². The van der Waals surface area contributed by atoms with Crippen molar-refractivity contribution in [3.8, 4) is 0 Å². The molecule has 64 valence electrons. The third kappa shape index (κ3) is 1.91. The van der Waals surface area contributed by atoms with Crippen LogP contribution in [0, 0.1) is 0 Å². The fourth-order valence-electron chi connectivity index (χ4n) is 1.43. The number of β-amino-alcohol motifs (C(OH)–C–C–N with tert-alkyl or cyclic N) is 1. The smallest absolute Gasteiger partial charge is 0.320 e. The van der Waals surface area contributed by atoms with Crippen molar-refractivity contribution in [2.75, 3.05) is 13.6 Å². The molecule has 0 saturated carbocycles. The summed E-state index contributed by atoms with van der Waals surface area (Å²) >= 11 is 0. The first-order valence-electron chi connectivity index (χ1n) is 3.72. The lowest BCUT2D eigenvalue weighted by molar-refractivity contribution is -0.145. The number of carboxylic acid groups (broad SMARTS) is 1. The molecule has 1 aliphatic rings. The van der Waals surface area contributed by atoms with Crippen molar-refractivity contribution in [2.45, 2.75) is 25.0 Å². The summed E-state index contributed by atoms with van der Waals surface area (Å²) in [5.41, 5.74) is 0. The van der Waals surface area contributed by atoms with Gasteiger partial charge in [0.15, 0.2) is 0 Å². The van der Waals surface area contributed by atoms with Crippen LogP contribution in [0.3, 0.4) is 0 Å². The van der Waals surface area contributed by atoms with E-state index in [2.05, 4.69) is 0 Å². The summed E-state index contributed by atoms with van der Waals surface area (Å²) in [6.45, 7) is 0.469. The molecule has 2 N–H and O–H groups in total. The topological polar surface area (TPSA) is 60.8 Å². The number of piperidine rings is 1. The lowest BCUT2D eigenvalue weighted by Crippen LogP contribution is -2.46. The number of aliphatic carboxylic acids is 1. The molecule has 0 amide bonds. The zero-order valence-corrected chi connectivity index (χ0v) is 6.53. The second-order valence-corrected chi connectivity index (χ2v) is 3.02. The Balaban J connectivity index is 2.50. The number of carbonyl (C=O) groups is 1. The number of likely N-dealkylation sites (tertiary alicyclic amines) is 1. The van der Waals surface area contributed by atoms with Gasteiger partial charge in [-0.15, -0.1) is 0 Å². The molecule has 1 fully saturated rings. The number of hydrogen-bond acceptors (Lipinski definition) is 3. The molecule has 2 atom stereocenters. The molecular weight excluding hydrogens is 146 g/mol. The van der Waals surface area contributed by atoms with Crippen LogP contribution in [0.2, 0.25) is 0 Å². The Morgan fingerprint density at radius 1 is 1.55 bits per heavy atom. The number of likely N-dealkylation sites (N-methyl/N-ethyl adjacent to an activating group) is 1. The zero-order chi connectivity index (χ0) is 8.43. The van der Waals surface area contributed by atoms with Crippen molar-refractivity contribution in [2.24, 2.45) is 0 Å². The summed E-state index contributed by atoms with van der Waals surface area (Å²) in [6, 6.07) is -0.404. The normalized spacial score (nSPS) is 33.6. The van der Waals surface area contributed by atoms with Crippen molar-refractivity contribution in [1.82, 2.24) is 4.90 Å². The maximum Gasteiger partial charge on any atom is 0.320 e. The van der Waals surface area contributed by atoms with Gasteiger partial charge in [-0.25, -0.2) is 0 Å². The van der Waals surface area contributed by atoms with Crippen molar-refractivity contribution >= 4 is 5.97 Å². The molecule has 11 heavy (non-hydrogen) atoms. The second-order valence-electron chi connectivity index (χ2n) is 3.02. The monoisotopic (exact) mass is 159 g/mol. The Kier molecular flexibility index (Phi) is 2.46. The minimum absolute atomic E-state index is 0.351. The molecule has 0 aromatic heterocycles. The Morgan fingerprint density at radius 2 is 2.18 bits per heavy atom. The van der Waals surface area contributed by atoms with E-state index in [9.17, 15) is 4.79 Å². The van der Waals surface area contributed by atoms with E-state index in [1.54, 1.807) is 11.9 Å². The van der Waals surface area contributed by atoms with E-state index in [0.717, 1.165) is 0 Å². The predicted molar refractivity (Wildman–Crippen MR) is 39.3 cm³/mol. The van der Waals surface area contributed by atoms with Gasteiger partial charge < -0.3 is 10.2 Å². The van der Waals surface area contributed by atoms with Gasteiger partial charge >= 0.3 is 5.97 Å². The Morgan fingerprint density at radius 3 is 2.64 bits per heavy atom. The molecule has 0 aliphatic carbocycles. The van der Waals surface area contributed by atoms with Crippen LogP contribution in [0.15, 0.2) is 0 Å². The van der Waals surface area contributed by atoms with E-state index >= 15 is 0 Å². The molecule has 4 nitrogen and oxygen atoms in total. The highest BCUT2D eigenvalue weighted by atomic mass is 16.4. The predicted octanol–water partition coefficient (Wildman–Crippen LogP) is -0.474. The third-order valence-electron chi connectivity index (χ3n) is 2.09. The Bertz CT molecular complexity index is 160.